The van der Waals surface area contributed by atoms with Gasteiger partial charge in [0.25, 0.3) is 0 Å². The molecule has 1 fully saturated rings. The van der Waals surface area contributed by atoms with Crippen LogP contribution in [0.1, 0.15) is 6.42 Å². The maximum Gasteiger partial charge on any atom is 0.411 e. The first-order valence-corrected chi connectivity index (χ1v) is 9.75. The minimum atomic E-state index is -4.40. The van der Waals surface area contributed by atoms with E-state index in [9.17, 15) is 18.0 Å². The fraction of sp³-hybridized carbons (Fsp3) is 0.444. The van der Waals surface area contributed by atoms with Crippen molar-refractivity contribution in [2.24, 2.45) is 11.7 Å². The lowest BCUT2D eigenvalue weighted by molar-refractivity contribution is -0.174. The highest BCUT2D eigenvalue weighted by molar-refractivity contribution is 5.88. The Labute approximate surface area is 179 Å². The molecule has 3 aromatic heterocycles. The molecule has 0 bridgehead atoms. The monoisotopic (exact) mass is 451 g/mol. The lowest BCUT2D eigenvalue weighted by Crippen LogP contribution is -2.28. The number of amides is 1. The van der Waals surface area contributed by atoms with Crippen molar-refractivity contribution >= 4 is 34.5 Å². The normalized spacial score (nSPS) is 16.6. The van der Waals surface area contributed by atoms with Gasteiger partial charge in [-0.3, -0.25) is 9.48 Å². The quantitative estimate of drug-likeness (QED) is 0.485. The molecule has 4 rings (SSSR count). The number of fused-ring (bicyclic) bond motifs is 1. The number of nitrogens with two attached hydrogens (primary N) is 1. The molecular weight excluding hydrogens is 431 g/mol. The summed E-state index contributed by atoms with van der Waals surface area (Å²) in [6, 6.07) is 1.64. The molecule has 0 aromatic carbocycles. The number of carbonyl (C=O) groups excluding carboxylic acids is 1. The molecule has 3 N–H and O–H groups in total. The number of hydrogen-bond acceptors (Lipinski definition) is 9. The summed E-state index contributed by atoms with van der Waals surface area (Å²) in [5.74, 6) is 0.536. The maximum atomic E-state index is 12.3. The second kappa shape index (κ2) is 8.90. The Hall–Kier alpha value is -3.55. The zero-order chi connectivity index (χ0) is 22.7. The van der Waals surface area contributed by atoms with E-state index in [-0.39, 0.29) is 25.0 Å². The van der Waals surface area contributed by atoms with Crippen LogP contribution in [-0.4, -0.2) is 68.1 Å². The van der Waals surface area contributed by atoms with Gasteiger partial charge in [0.2, 0.25) is 11.9 Å². The molecular formula is C18H20F3N9O2. The lowest BCUT2D eigenvalue weighted by atomic mass is 10.1. The summed E-state index contributed by atoms with van der Waals surface area (Å²) in [6.45, 7) is -0.515. The fourth-order valence-corrected chi connectivity index (χ4v) is 3.38. The smallest absolute Gasteiger partial charge is 0.370 e. The van der Waals surface area contributed by atoms with Gasteiger partial charge in [-0.15, -0.1) is 0 Å². The average molecular weight is 451 g/mol. The molecule has 3 aromatic rings. The molecule has 0 unspecified atom stereocenters. The van der Waals surface area contributed by atoms with E-state index in [0.29, 0.717) is 48.1 Å². The first-order chi connectivity index (χ1) is 15.3. The third-order valence-electron chi connectivity index (χ3n) is 4.89. The molecule has 11 nitrogen and oxygen atoms in total. The molecule has 1 aliphatic heterocycles. The van der Waals surface area contributed by atoms with Crippen molar-refractivity contribution in [1.29, 1.82) is 0 Å². The number of carbonyl (C=O) groups is 1. The maximum absolute atomic E-state index is 12.3. The van der Waals surface area contributed by atoms with Crippen molar-refractivity contribution in [1.82, 2.24) is 29.7 Å². The van der Waals surface area contributed by atoms with Crippen LogP contribution in [0, 0.1) is 5.92 Å². The third kappa shape index (κ3) is 5.01. The topological polar surface area (TPSA) is 137 Å². The molecule has 170 valence electrons. The molecule has 1 saturated heterocycles. The van der Waals surface area contributed by atoms with Crippen molar-refractivity contribution in [3.63, 3.8) is 0 Å². The summed E-state index contributed by atoms with van der Waals surface area (Å²) < 4.78 is 43.1. The predicted octanol–water partition coefficient (Wildman–Crippen LogP) is 1.25. The van der Waals surface area contributed by atoms with Gasteiger partial charge in [-0.1, -0.05) is 0 Å². The van der Waals surface area contributed by atoms with Crippen molar-refractivity contribution in [2.45, 2.75) is 19.1 Å². The van der Waals surface area contributed by atoms with Gasteiger partial charge in [0, 0.05) is 19.3 Å². The van der Waals surface area contributed by atoms with Gasteiger partial charge in [0.1, 0.15) is 29.8 Å². The Morgan fingerprint density at radius 2 is 2.19 bits per heavy atom. The molecule has 1 atom stereocenters. The average Bonchev–Trinajstić information content (AvgIpc) is 3.39. The zero-order valence-corrected chi connectivity index (χ0v) is 16.8. The van der Waals surface area contributed by atoms with E-state index in [1.807, 2.05) is 4.90 Å². The summed E-state index contributed by atoms with van der Waals surface area (Å²) in [5, 5.41) is 7.31. The standard InChI is InChI=1S/C18H20F3N9O2/c19-18(20,21)9-32-6-5-30-14-12(7-25-30)26-17(29-4-2-11(8-29)15(22)31)28-16(14)27-13-1-3-23-10-24-13/h1,3,7,10-11H,2,4-6,8-9H2,(H2,22,31)(H,23,24,26,27,28)/t11-/m1/s1. The Kier molecular flexibility index (Phi) is 6.03. The van der Waals surface area contributed by atoms with E-state index >= 15 is 0 Å². The van der Waals surface area contributed by atoms with Crippen LogP contribution in [0.25, 0.3) is 11.0 Å². The first kappa shape index (κ1) is 21.7. The van der Waals surface area contributed by atoms with Crippen LogP contribution in [0.15, 0.2) is 24.8 Å². The van der Waals surface area contributed by atoms with Crippen molar-refractivity contribution in [3.05, 3.63) is 24.8 Å². The summed E-state index contributed by atoms with van der Waals surface area (Å²) in [6.07, 6.45) is 0.609. The SMILES string of the molecule is NC(=O)[C@@H]1CCN(c2nc(Nc3ccncn3)c3c(cnn3CCOCC(F)(F)F)n2)C1. The van der Waals surface area contributed by atoms with Crippen molar-refractivity contribution < 1.29 is 22.7 Å². The van der Waals surface area contributed by atoms with Gasteiger partial charge >= 0.3 is 6.18 Å². The Bertz CT molecular complexity index is 1090. The number of aromatic nitrogens is 6. The first-order valence-electron chi connectivity index (χ1n) is 9.75. The number of anilines is 3. The van der Waals surface area contributed by atoms with E-state index in [0.717, 1.165) is 0 Å². The number of alkyl halides is 3. The lowest BCUT2D eigenvalue weighted by Gasteiger charge is -2.18. The van der Waals surface area contributed by atoms with Crippen LogP contribution < -0.4 is 16.0 Å². The second-order valence-corrected chi connectivity index (χ2v) is 7.20. The predicted molar refractivity (Wildman–Crippen MR) is 107 cm³/mol. The summed E-state index contributed by atoms with van der Waals surface area (Å²) in [5.41, 5.74) is 6.38. The highest BCUT2D eigenvalue weighted by atomic mass is 19.4. The molecule has 0 saturated carbocycles. The number of nitrogens with one attached hydrogen (secondary N) is 1. The minimum Gasteiger partial charge on any atom is -0.370 e. The van der Waals surface area contributed by atoms with Gasteiger partial charge in [-0.05, 0) is 12.5 Å². The number of hydrogen-bond donors (Lipinski definition) is 2. The summed E-state index contributed by atoms with van der Waals surface area (Å²) in [4.78, 5) is 30.5. The van der Waals surface area contributed by atoms with Crippen LogP contribution in [0.3, 0.4) is 0 Å². The minimum absolute atomic E-state index is 0.0637. The molecule has 0 radical (unpaired) electrons. The second-order valence-electron chi connectivity index (χ2n) is 7.20. The van der Waals surface area contributed by atoms with E-state index < -0.39 is 12.8 Å². The Balaban J connectivity index is 1.63. The zero-order valence-electron chi connectivity index (χ0n) is 16.8. The van der Waals surface area contributed by atoms with E-state index in [1.54, 1.807) is 12.3 Å². The highest BCUT2D eigenvalue weighted by Crippen LogP contribution is 2.28. The van der Waals surface area contributed by atoms with Crippen LogP contribution in [0.5, 0.6) is 0 Å². The van der Waals surface area contributed by atoms with Gasteiger partial charge in [0.05, 0.1) is 25.3 Å². The fourth-order valence-electron chi connectivity index (χ4n) is 3.38. The van der Waals surface area contributed by atoms with E-state index in [1.165, 1.54) is 17.2 Å². The van der Waals surface area contributed by atoms with Gasteiger partial charge < -0.3 is 20.7 Å². The number of halogens is 3. The Morgan fingerprint density at radius 1 is 1.34 bits per heavy atom. The van der Waals surface area contributed by atoms with Gasteiger partial charge in [-0.2, -0.15) is 23.3 Å². The molecule has 1 amide bonds. The summed E-state index contributed by atoms with van der Waals surface area (Å²) in [7, 11) is 0. The molecule has 0 aliphatic carbocycles. The highest BCUT2D eigenvalue weighted by Gasteiger charge is 2.29. The Morgan fingerprint density at radius 3 is 2.88 bits per heavy atom. The van der Waals surface area contributed by atoms with Crippen LogP contribution in [-0.2, 0) is 16.1 Å². The molecule has 4 heterocycles. The van der Waals surface area contributed by atoms with E-state index in [4.69, 9.17) is 10.5 Å². The van der Waals surface area contributed by atoms with Gasteiger partial charge in [-0.25, -0.2) is 15.0 Å². The van der Waals surface area contributed by atoms with Crippen LogP contribution in [0.2, 0.25) is 0 Å². The number of primary amides is 1. The molecule has 0 spiro atoms. The van der Waals surface area contributed by atoms with Gasteiger partial charge in [0.15, 0.2) is 5.82 Å². The van der Waals surface area contributed by atoms with Crippen LogP contribution in [0.4, 0.5) is 30.8 Å². The number of rotatable bonds is 8. The van der Waals surface area contributed by atoms with Crippen molar-refractivity contribution in [2.75, 3.05) is 36.5 Å². The molecule has 1 aliphatic rings. The number of nitrogens with zero attached hydrogens (tertiary/aromatic N) is 7. The van der Waals surface area contributed by atoms with Crippen LogP contribution >= 0.6 is 0 Å². The largest absolute Gasteiger partial charge is 0.411 e. The van der Waals surface area contributed by atoms with E-state index in [2.05, 4.69) is 30.4 Å². The number of ether oxygens (including phenoxy) is 1. The molecule has 14 heteroatoms. The third-order valence-corrected chi connectivity index (χ3v) is 4.89. The summed E-state index contributed by atoms with van der Waals surface area (Å²) >= 11 is 0. The molecule has 32 heavy (non-hydrogen) atoms. The van der Waals surface area contributed by atoms with Crippen molar-refractivity contribution in [3.8, 4) is 0 Å².